The van der Waals surface area contributed by atoms with Crippen LogP contribution in [0.3, 0.4) is 0 Å². The lowest BCUT2D eigenvalue weighted by Gasteiger charge is -2.31. The number of amides is 2. The summed E-state index contributed by atoms with van der Waals surface area (Å²) in [6.07, 6.45) is 40.2. The van der Waals surface area contributed by atoms with Crippen LogP contribution >= 0.6 is 0 Å². The van der Waals surface area contributed by atoms with E-state index in [-0.39, 0.29) is 36.8 Å². The highest BCUT2D eigenvalue weighted by atomic mass is 16.7. The first kappa shape index (κ1) is 69.2. The lowest BCUT2D eigenvalue weighted by atomic mass is 9.96. The van der Waals surface area contributed by atoms with Crippen LogP contribution in [0.4, 0.5) is 0 Å². The van der Waals surface area contributed by atoms with Crippen LogP contribution in [0.15, 0.2) is 24.3 Å². The van der Waals surface area contributed by atoms with Gasteiger partial charge in [-0.2, -0.15) is 0 Å². The maximum absolute atomic E-state index is 14.2. The Kier molecular flexibility index (Phi) is 51.0. The molecule has 0 heterocycles. The van der Waals surface area contributed by atoms with Crippen LogP contribution in [0.5, 0.6) is 0 Å². The second-order valence-electron chi connectivity index (χ2n) is 20.2. The molecule has 2 unspecified atom stereocenters. The van der Waals surface area contributed by atoms with Gasteiger partial charge in [0.2, 0.25) is 11.8 Å². The quantitative estimate of drug-likeness (QED) is 0.0274. The monoisotopic (exact) mass is 1020 g/mol. The Morgan fingerprint density at radius 3 is 1.62 bits per heavy atom. The summed E-state index contributed by atoms with van der Waals surface area (Å²) in [5, 5.41) is 3.20. The molecule has 0 aromatic carbocycles. The lowest BCUT2D eigenvalue weighted by molar-refractivity contribution is -0.159. The Balaban J connectivity index is 5.59. The predicted molar refractivity (Wildman–Crippen MR) is 301 cm³/mol. The number of hydrogen-bond donors (Lipinski definition) is 1. The molecule has 0 aliphatic rings. The molecule has 0 spiro atoms. The molecule has 2 amide bonds. The summed E-state index contributed by atoms with van der Waals surface area (Å²) in [6.45, 7) is 20.9. The molecular formula is C61H115N3O8. The van der Waals surface area contributed by atoms with Crippen molar-refractivity contribution in [3.63, 3.8) is 0 Å². The maximum atomic E-state index is 14.2. The molecule has 0 aromatic rings. The molecule has 0 bridgehead atoms. The van der Waals surface area contributed by atoms with Crippen molar-refractivity contribution in [3.05, 3.63) is 24.3 Å². The topological polar surface area (TPSA) is 124 Å². The zero-order valence-corrected chi connectivity index (χ0v) is 48.1. The second kappa shape index (κ2) is 53.1. The van der Waals surface area contributed by atoms with E-state index in [0.717, 1.165) is 148 Å². The number of rotatable bonds is 54. The van der Waals surface area contributed by atoms with E-state index in [9.17, 15) is 19.2 Å². The highest BCUT2D eigenvalue weighted by Crippen LogP contribution is 2.20. The number of unbranched alkanes of at least 4 members (excludes halogenated alkanes) is 17. The molecule has 2 atom stereocenters. The number of allylic oxidation sites excluding steroid dienone is 4. The minimum absolute atomic E-state index is 0.0218. The van der Waals surface area contributed by atoms with E-state index in [2.05, 4.69) is 83.0 Å². The summed E-state index contributed by atoms with van der Waals surface area (Å²) >= 11 is 0. The van der Waals surface area contributed by atoms with Gasteiger partial charge in [0.25, 0.3) is 0 Å². The first-order valence-electron chi connectivity index (χ1n) is 30.3. The minimum Gasteiger partial charge on any atom is -0.466 e. The molecule has 11 nitrogen and oxygen atoms in total. The molecule has 0 rings (SSSR count). The Morgan fingerprint density at radius 1 is 0.472 bits per heavy atom. The standard InChI is InChI=1S/C61H115N3O8/c1-8-15-20-24-28-34-43-56(61(68)62-48-39-49-63(13-6)14-7)64(57(65)44-35-29-27-30-36-45-58(66)72-54-55(41-19-12-5)42-33-23-18-11-4)50-40-53-69-59(67)46-47-60(70-51-37-31-25-21-16-9-2)71-52-38-32-26-22-17-10-3/h16-17,21-22,55-56,60H,8-15,18-20,23-54H2,1-7H3,(H,62,68)/b21-16-,22-17-. The van der Waals surface area contributed by atoms with Crippen LogP contribution in [0.2, 0.25) is 0 Å². The van der Waals surface area contributed by atoms with Gasteiger partial charge >= 0.3 is 11.9 Å². The number of ether oxygens (including phenoxy) is 4. The van der Waals surface area contributed by atoms with Gasteiger partial charge in [0.15, 0.2) is 6.29 Å². The molecule has 11 heteroatoms. The molecule has 422 valence electrons. The molecule has 1 N–H and O–H groups in total. The van der Waals surface area contributed by atoms with Gasteiger partial charge in [0, 0.05) is 45.6 Å². The van der Waals surface area contributed by atoms with Gasteiger partial charge in [-0.15, -0.1) is 0 Å². The van der Waals surface area contributed by atoms with Crippen molar-refractivity contribution in [2.24, 2.45) is 5.92 Å². The summed E-state index contributed by atoms with van der Waals surface area (Å²) in [5.41, 5.74) is 0. The van der Waals surface area contributed by atoms with Crippen LogP contribution in [0, 0.1) is 5.92 Å². The highest BCUT2D eigenvalue weighted by Gasteiger charge is 2.29. The smallest absolute Gasteiger partial charge is 0.305 e. The number of hydrogen-bond acceptors (Lipinski definition) is 9. The van der Waals surface area contributed by atoms with Crippen LogP contribution in [0.25, 0.3) is 0 Å². The fourth-order valence-corrected chi connectivity index (χ4v) is 9.01. The van der Waals surface area contributed by atoms with Gasteiger partial charge in [0.05, 0.1) is 19.6 Å². The van der Waals surface area contributed by atoms with E-state index in [1.807, 2.05) is 0 Å². The van der Waals surface area contributed by atoms with E-state index in [0.29, 0.717) is 70.9 Å². The fourth-order valence-electron chi connectivity index (χ4n) is 9.01. The molecule has 0 aromatic heterocycles. The van der Waals surface area contributed by atoms with Gasteiger partial charge in [-0.3, -0.25) is 19.2 Å². The van der Waals surface area contributed by atoms with E-state index in [1.165, 1.54) is 51.4 Å². The van der Waals surface area contributed by atoms with Crippen molar-refractivity contribution in [2.45, 2.75) is 279 Å². The Labute approximate surface area is 443 Å². The van der Waals surface area contributed by atoms with Crippen LogP contribution < -0.4 is 5.32 Å². The van der Waals surface area contributed by atoms with Crippen molar-refractivity contribution in [3.8, 4) is 0 Å². The molecule has 72 heavy (non-hydrogen) atoms. The second-order valence-corrected chi connectivity index (χ2v) is 20.2. The Hall–Kier alpha value is -2.76. The third kappa shape index (κ3) is 42.6. The molecule has 0 saturated heterocycles. The largest absolute Gasteiger partial charge is 0.466 e. The van der Waals surface area contributed by atoms with Gasteiger partial charge in [0.1, 0.15) is 6.04 Å². The van der Waals surface area contributed by atoms with Gasteiger partial charge in [-0.05, 0) is 122 Å². The molecule has 0 aliphatic carbocycles. The molecule has 0 fully saturated rings. The number of carbonyl (C=O) groups excluding carboxylic acids is 4. The minimum atomic E-state index is -0.572. The van der Waals surface area contributed by atoms with Crippen molar-refractivity contribution in [1.82, 2.24) is 15.1 Å². The average molecular weight is 1020 g/mol. The van der Waals surface area contributed by atoms with Crippen LogP contribution in [0.1, 0.15) is 267 Å². The third-order valence-electron chi connectivity index (χ3n) is 13.7. The number of nitrogens with one attached hydrogen (secondary N) is 1. The van der Waals surface area contributed by atoms with Crippen LogP contribution in [-0.4, -0.2) is 105 Å². The summed E-state index contributed by atoms with van der Waals surface area (Å²) in [7, 11) is 0. The van der Waals surface area contributed by atoms with Crippen molar-refractivity contribution < 1.29 is 38.1 Å². The first-order valence-corrected chi connectivity index (χ1v) is 30.3. The lowest BCUT2D eigenvalue weighted by Crippen LogP contribution is -2.50. The zero-order chi connectivity index (χ0) is 53.0. The van der Waals surface area contributed by atoms with Gasteiger partial charge in [-0.1, -0.05) is 169 Å². The van der Waals surface area contributed by atoms with Crippen molar-refractivity contribution in [1.29, 1.82) is 0 Å². The highest BCUT2D eigenvalue weighted by molar-refractivity contribution is 5.87. The fraction of sp³-hybridized carbons (Fsp3) is 0.869. The number of esters is 2. The van der Waals surface area contributed by atoms with E-state index in [1.54, 1.807) is 4.90 Å². The van der Waals surface area contributed by atoms with E-state index < -0.39 is 12.3 Å². The normalized spacial score (nSPS) is 12.6. The van der Waals surface area contributed by atoms with Gasteiger partial charge in [-0.25, -0.2) is 0 Å². The molecule has 0 saturated carbocycles. The first-order chi connectivity index (χ1) is 35.2. The third-order valence-corrected chi connectivity index (χ3v) is 13.7. The summed E-state index contributed by atoms with van der Waals surface area (Å²) in [5.74, 6) is -0.0470. The summed E-state index contributed by atoms with van der Waals surface area (Å²) in [4.78, 5) is 58.2. The van der Waals surface area contributed by atoms with Crippen LogP contribution in [-0.2, 0) is 38.1 Å². The predicted octanol–water partition coefficient (Wildman–Crippen LogP) is 15.2. The van der Waals surface area contributed by atoms with Crippen molar-refractivity contribution in [2.75, 3.05) is 59.2 Å². The molecule has 0 radical (unpaired) electrons. The zero-order valence-electron chi connectivity index (χ0n) is 48.1. The number of carbonyl (C=O) groups is 4. The van der Waals surface area contributed by atoms with E-state index >= 15 is 0 Å². The Bertz CT molecular complexity index is 1280. The maximum Gasteiger partial charge on any atom is 0.305 e. The van der Waals surface area contributed by atoms with Gasteiger partial charge < -0.3 is 34.1 Å². The molecular weight excluding hydrogens is 903 g/mol. The average Bonchev–Trinajstić information content (AvgIpc) is 3.38. The number of nitrogens with zero attached hydrogens (tertiary/aromatic N) is 2. The SMILES string of the molecule is CC/C=C\CCCCOC(CCC(=O)OCCCN(C(=O)CCCCCCCC(=O)OCC(CCCC)CCCCCC)C(CCCCCCCC)C(=O)NCCCN(CC)CC)OCCCC/C=C\CC. The molecule has 0 aliphatic heterocycles. The Morgan fingerprint density at radius 2 is 1.01 bits per heavy atom. The van der Waals surface area contributed by atoms with Crippen molar-refractivity contribution >= 4 is 23.8 Å². The van der Waals surface area contributed by atoms with E-state index in [4.69, 9.17) is 18.9 Å². The summed E-state index contributed by atoms with van der Waals surface area (Å²) < 4.78 is 23.8. The summed E-state index contributed by atoms with van der Waals surface area (Å²) in [6, 6.07) is -0.572.